The molecule has 1 saturated heterocycles. The summed E-state index contributed by atoms with van der Waals surface area (Å²) in [5.41, 5.74) is 0.199. The zero-order chi connectivity index (χ0) is 13.0. The summed E-state index contributed by atoms with van der Waals surface area (Å²) >= 11 is 0. The van der Waals surface area contributed by atoms with Crippen LogP contribution in [0.15, 0.2) is 0 Å². The summed E-state index contributed by atoms with van der Waals surface area (Å²) in [6.45, 7) is 12.0. The standard InChI is InChI=1S/C15H30N2O/c1-4-16-14(13-7-5-6-8-13)11-17-9-10-18-12-15(17,2)3/h13-14,16H,4-12H2,1-3H3. The molecule has 1 N–H and O–H groups in total. The quantitative estimate of drug-likeness (QED) is 0.814. The van der Waals surface area contributed by atoms with E-state index in [1.165, 1.54) is 32.2 Å². The summed E-state index contributed by atoms with van der Waals surface area (Å²) in [6.07, 6.45) is 5.70. The van der Waals surface area contributed by atoms with E-state index in [9.17, 15) is 0 Å². The molecule has 1 atom stereocenters. The highest BCUT2D eigenvalue weighted by molar-refractivity contribution is 4.90. The minimum absolute atomic E-state index is 0.199. The van der Waals surface area contributed by atoms with E-state index >= 15 is 0 Å². The lowest BCUT2D eigenvalue weighted by Crippen LogP contribution is -2.57. The molecule has 106 valence electrons. The lowest BCUT2D eigenvalue weighted by atomic mass is 9.94. The SMILES string of the molecule is CCNC(CN1CCOCC1(C)C)C1CCCC1. The summed E-state index contributed by atoms with van der Waals surface area (Å²) in [4.78, 5) is 2.63. The van der Waals surface area contributed by atoms with Crippen molar-refractivity contribution < 1.29 is 4.74 Å². The Bertz CT molecular complexity index is 249. The van der Waals surface area contributed by atoms with Crippen LogP contribution in [0.5, 0.6) is 0 Å². The highest BCUT2D eigenvalue weighted by atomic mass is 16.5. The monoisotopic (exact) mass is 254 g/mol. The molecule has 0 aromatic heterocycles. The third kappa shape index (κ3) is 3.46. The Labute approximate surface area is 112 Å². The minimum Gasteiger partial charge on any atom is -0.378 e. The van der Waals surface area contributed by atoms with Crippen LogP contribution in [0.2, 0.25) is 0 Å². The van der Waals surface area contributed by atoms with Crippen molar-refractivity contribution in [2.75, 3.05) is 32.8 Å². The van der Waals surface area contributed by atoms with Crippen molar-refractivity contribution in [2.24, 2.45) is 5.92 Å². The maximum Gasteiger partial charge on any atom is 0.0645 e. The van der Waals surface area contributed by atoms with E-state index in [0.29, 0.717) is 6.04 Å². The molecule has 0 spiro atoms. The van der Waals surface area contributed by atoms with Crippen LogP contribution in [0.4, 0.5) is 0 Å². The highest BCUT2D eigenvalue weighted by Gasteiger charge is 2.34. The van der Waals surface area contributed by atoms with Gasteiger partial charge in [0.2, 0.25) is 0 Å². The Morgan fingerprint density at radius 2 is 2.06 bits per heavy atom. The summed E-state index contributed by atoms with van der Waals surface area (Å²) in [5, 5.41) is 3.73. The van der Waals surface area contributed by atoms with E-state index in [4.69, 9.17) is 4.74 Å². The zero-order valence-corrected chi connectivity index (χ0v) is 12.4. The number of morpholine rings is 1. The molecule has 1 aliphatic heterocycles. The molecule has 2 rings (SSSR count). The van der Waals surface area contributed by atoms with Gasteiger partial charge in [-0.2, -0.15) is 0 Å². The fraction of sp³-hybridized carbons (Fsp3) is 1.00. The van der Waals surface area contributed by atoms with Gasteiger partial charge >= 0.3 is 0 Å². The Morgan fingerprint density at radius 1 is 1.33 bits per heavy atom. The number of hydrogen-bond acceptors (Lipinski definition) is 3. The lowest BCUT2D eigenvalue weighted by molar-refractivity contribution is -0.0567. The first-order chi connectivity index (χ1) is 8.63. The molecular formula is C15H30N2O. The average Bonchev–Trinajstić information content (AvgIpc) is 2.84. The highest BCUT2D eigenvalue weighted by Crippen LogP contribution is 2.29. The van der Waals surface area contributed by atoms with Gasteiger partial charge in [0.05, 0.1) is 13.2 Å². The number of likely N-dealkylation sites (N-methyl/N-ethyl adjacent to an activating group) is 1. The fourth-order valence-corrected chi connectivity index (χ4v) is 3.47. The molecule has 0 radical (unpaired) electrons. The summed E-state index contributed by atoms with van der Waals surface area (Å²) in [7, 11) is 0. The largest absolute Gasteiger partial charge is 0.378 e. The number of nitrogens with zero attached hydrogens (tertiary/aromatic N) is 1. The Hall–Kier alpha value is -0.120. The molecule has 1 saturated carbocycles. The van der Waals surface area contributed by atoms with Crippen molar-refractivity contribution >= 4 is 0 Å². The second-order valence-electron chi connectivity index (χ2n) is 6.52. The minimum atomic E-state index is 0.199. The molecule has 0 bridgehead atoms. The third-order valence-electron chi connectivity index (χ3n) is 4.67. The van der Waals surface area contributed by atoms with E-state index in [-0.39, 0.29) is 5.54 Å². The molecule has 3 nitrogen and oxygen atoms in total. The lowest BCUT2D eigenvalue weighted by Gasteiger charge is -2.44. The van der Waals surface area contributed by atoms with E-state index < -0.39 is 0 Å². The average molecular weight is 254 g/mol. The first kappa shape index (κ1) is 14.3. The number of hydrogen-bond donors (Lipinski definition) is 1. The van der Waals surface area contributed by atoms with Gasteiger partial charge in [-0.25, -0.2) is 0 Å². The number of ether oxygens (including phenoxy) is 1. The van der Waals surface area contributed by atoms with Gasteiger partial charge in [-0.05, 0) is 39.2 Å². The molecule has 2 aliphatic rings. The van der Waals surface area contributed by atoms with Crippen molar-refractivity contribution in [1.82, 2.24) is 10.2 Å². The van der Waals surface area contributed by atoms with Gasteiger partial charge in [0.15, 0.2) is 0 Å². The van der Waals surface area contributed by atoms with Gasteiger partial charge < -0.3 is 10.1 Å². The van der Waals surface area contributed by atoms with E-state index in [2.05, 4.69) is 31.0 Å². The summed E-state index contributed by atoms with van der Waals surface area (Å²) < 4.78 is 5.62. The molecule has 18 heavy (non-hydrogen) atoms. The van der Waals surface area contributed by atoms with E-state index in [1.807, 2.05) is 0 Å². The number of nitrogens with one attached hydrogen (secondary N) is 1. The predicted octanol–water partition coefficient (Wildman–Crippen LogP) is 2.27. The molecule has 1 unspecified atom stereocenters. The van der Waals surface area contributed by atoms with Crippen LogP contribution in [0.1, 0.15) is 46.5 Å². The fourth-order valence-electron chi connectivity index (χ4n) is 3.47. The molecule has 0 aromatic carbocycles. The summed E-state index contributed by atoms with van der Waals surface area (Å²) in [6, 6.07) is 0.676. The van der Waals surface area contributed by atoms with E-state index in [1.54, 1.807) is 0 Å². The Kier molecular flexibility index (Phi) is 5.05. The third-order valence-corrected chi connectivity index (χ3v) is 4.67. The van der Waals surface area contributed by atoms with Crippen LogP contribution in [0, 0.1) is 5.92 Å². The van der Waals surface area contributed by atoms with Crippen molar-refractivity contribution in [1.29, 1.82) is 0 Å². The smallest absolute Gasteiger partial charge is 0.0645 e. The topological polar surface area (TPSA) is 24.5 Å². The molecular weight excluding hydrogens is 224 g/mol. The maximum atomic E-state index is 5.62. The molecule has 1 aliphatic carbocycles. The van der Waals surface area contributed by atoms with Crippen molar-refractivity contribution in [3.8, 4) is 0 Å². The Balaban J connectivity index is 1.94. The molecule has 0 amide bonds. The molecule has 3 heteroatoms. The normalized spacial score (nSPS) is 27.5. The molecule has 1 heterocycles. The van der Waals surface area contributed by atoms with Crippen molar-refractivity contribution in [2.45, 2.75) is 58.0 Å². The van der Waals surface area contributed by atoms with Crippen molar-refractivity contribution in [3.05, 3.63) is 0 Å². The zero-order valence-electron chi connectivity index (χ0n) is 12.4. The van der Waals surface area contributed by atoms with Crippen LogP contribution in [0.3, 0.4) is 0 Å². The van der Waals surface area contributed by atoms with E-state index in [0.717, 1.165) is 32.2 Å². The van der Waals surface area contributed by atoms with Gasteiger partial charge in [-0.15, -0.1) is 0 Å². The van der Waals surface area contributed by atoms with Crippen LogP contribution >= 0.6 is 0 Å². The van der Waals surface area contributed by atoms with Crippen LogP contribution < -0.4 is 5.32 Å². The van der Waals surface area contributed by atoms with Gasteiger partial charge in [-0.1, -0.05) is 19.8 Å². The first-order valence-corrected chi connectivity index (χ1v) is 7.69. The summed E-state index contributed by atoms with van der Waals surface area (Å²) in [5.74, 6) is 0.892. The maximum absolute atomic E-state index is 5.62. The second kappa shape index (κ2) is 6.36. The van der Waals surface area contributed by atoms with Gasteiger partial charge in [-0.3, -0.25) is 4.90 Å². The van der Waals surface area contributed by atoms with Crippen LogP contribution in [-0.4, -0.2) is 49.3 Å². The van der Waals surface area contributed by atoms with Crippen LogP contribution in [-0.2, 0) is 4.74 Å². The number of rotatable bonds is 5. The van der Waals surface area contributed by atoms with Gasteiger partial charge in [0.25, 0.3) is 0 Å². The molecule has 0 aromatic rings. The van der Waals surface area contributed by atoms with Crippen LogP contribution in [0.25, 0.3) is 0 Å². The van der Waals surface area contributed by atoms with Gasteiger partial charge in [0.1, 0.15) is 0 Å². The predicted molar refractivity (Wildman–Crippen MR) is 75.9 cm³/mol. The van der Waals surface area contributed by atoms with Gasteiger partial charge in [0, 0.05) is 24.7 Å². The Morgan fingerprint density at radius 3 is 2.67 bits per heavy atom. The second-order valence-corrected chi connectivity index (χ2v) is 6.52. The van der Waals surface area contributed by atoms with Crippen molar-refractivity contribution in [3.63, 3.8) is 0 Å². The first-order valence-electron chi connectivity index (χ1n) is 7.69. The molecule has 2 fully saturated rings.